The van der Waals surface area contributed by atoms with Gasteiger partial charge in [0, 0.05) is 36.8 Å². The highest BCUT2D eigenvalue weighted by Crippen LogP contribution is 2.23. The molecule has 1 aliphatic rings. The van der Waals surface area contributed by atoms with Gasteiger partial charge in [-0.05, 0) is 54.4 Å². The van der Waals surface area contributed by atoms with Crippen LogP contribution in [0.25, 0.3) is 0 Å². The lowest BCUT2D eigenvalue weighted by Gasteiger charge is -2.23. The molecule has 1 fully saturated rings. The number of benzene rings is 1. The molecule has 0 bridgehead atoms. The lowest BCUT2D eigenvalue weighted by molar-refractivity contribution is 0.0734. The number of carbonyl (C=O) groups is 1. The fraction of sp³-hybridized carbons (Fsp3) is 0.304. The van der Waals surface area contributed by atoms with Gasteiger partial charge in [0.2, 0.25) is 0 Å². The van der Waals surface area contributed by atoms with Gasteiger partial charge >= 0.3 is 0 Å². The molecule has 0 aliphatic carbocycles. The van der Waals surface area contributed by atoms with Crippen molar-refractivity contribution >= 4 is 17.2 Å². The first-order valence-corrected chi connectivity index (χ1v) is 10.6. The highest BCUT2D eigenvalue weighted by Gasteiger charge is 2.20. The maximum absolute atomic E-state index is 13.2. The molecule has 0 saturated carbocycles. The van der Waals surface area contributed by atoms with Crippen molar-refractivity contribution in [1.82, 2.24) is 9.88 Å². The molecule has 0 spiro atoms. The molecule has 1 amide bonds. The van der Waals surface area contributed by atoms with Crippen LogP contribution >= 0.6 is 11.3 Å². The molecule has 3 heterocycles. The molecular weight excluding hydrogens is 384 g/mol. The number of carbonyl (C=O) groups excluding carboxylic acids is 1. The van der Waals surface area contributed by atoms with Crippen LogP contribution in [-0.2, 0) is 17.8 Å². The van der Waals surface area contributed by atoms with E-state index >= 15 is 0 Å². The number of thiophene rings is 1. The lowest BCUT2D eigenvalue weighted by atomic mass is 10.1. The topological polar surface area (TPSA) is 51.7 Å². The van der Waals surface area contributed by atoms with Crippen LogP contribution < -0.4 is 4.74 Å². The maximum atomic E-state index is 13.2. The van der Waals surface area contributed by atoms with Gasteiger partial charge in [0.25, 0.3) is 5.91 Å². The van der Waals surface area contributed by atoms with Crippen LogP contribution in [0, 0.1) is 6.92 Å². The van der Waals surface area contributed by atoms with Crippen LogP contribution in [0.2, 0.25) is 0 Å². The standard InChI is InChI=1S/C23H24N2O3S/c1-17-5-6-22(29-17)23(26)25(14-18-7-10-24-11-8-18)15-19-3-2-4-20(13-19)28-21-9-12-27-16-21/h2-8,10-11,13,21H,9,12,14-16H2,1H3. The molecular formula is C23H24N2O3S. The molecule has 1 aromatic carbocycles. The molecule has 0 N–H and O–H groups in total. The van der Waals surface area contributed by atoms with Gasteiger partial charge in [-0.25, -0.2) is 0 Å². The van der Waals surface area contributed by atoms with E-state index in [1.54, 1.807) is 12.4 Å². The predicted molar refractivity (Wildman–Crippen MR) is 113 cm³/mol. The monoisotopic (exact) mass is 408 g/mol. The van der Waals surface area contributed by atoms with Gasteiger partial charge in [-0.15, -0.1) is 11.3 Å². The van der Waals surface area contributed by atoms with Crippen molar-refractivity contribution in [3.8, 4) is 5.75 Å². The molecule has 1 atom stereocenters. The van der Waals surface area contributed by atoms with Gasteiger partial charge in [-0.2, -0.15) is 0 Å². The van der Waals surface area contributed by atoms with Crippen molar-refractivity contribution in [3.63, 3.8) is 0 Å². The van der Waals surface area contributed by atoms with Crippen molar-refractivity contribution in [1.29, 1.82) is 0 Å². The summed E-state index contributed by atoms with van der Waals surface area (Å²) in [5.74, 6) is 0.858. The normalized spacial score (nSPS) is 16.0. The molecule has 5 nitrogen and oxygen atoms in total. The number of rotatable bonds is 7. The minimum absolute atomic E-state index is 0.0374. The molecule has 6 heteroatoms. The van der Waals surface area contributed by atoms with Crippen molar-refractivity contribution in [2.75, 3.05) is 13.2 Å². The highest BCUT2D eigenvalue weighted by atomic mass is 32.1. The first kappa shape index (κ1) is 19.6. The average Bonchev–Trinajstić information content (AvgIpc) is 3.40. The summed E-state index contributed by atoms with van der Waals surface area (Å²) in [6.07, 6.45) is 4.53. The molecule has 1 saturated heterocycles. The Morgan fingerprint density at radius 1 is 1.17 bits per heavy atom. The molecule has 29 heavy (non-hydrogen) atoms. The van der Waals surface area contributed by atoms with E-state index in [2.05, 4.69) is 4.98 Å². The van der Waals surface area contributed by atoms with E-state index in [9.17, 15) is 4.79 Å². The minimum atomic E-state index is 0.0374. The van der Waals surface area contributed by atoms with E-state index in [-0.39, 0.29) is 12.0 Å². The minimum Gasteiger partial charge on any atom is -0.488 e. The molecule has 0 radical (unpaired) electrons. The largest absolute Gasteiger partial charge is 0.488 e. The predicted octanol–water partition coefficient (Wildman–Crippen LogP) is 4.46. The number of pyridine rings is 1. The van der Waals surface area contributed by atoms with Crippen molar-refractivity contribution in [2.24, 2.45) is 0 Å². The van der Waals surface area contributed by atoms with Crippen molar-refractivity contribution < 1.29 is 14.3 Å². The summed E-state index contributed by atoms with van der Waals surface area (Å²) in [6, 6.07) is 15.8. The Morgan fingerprint density at radius 3 is 2.72 bits per heavy atom. The quantitative estimate of drug-likeness (QED) is 0.579. The number of aromatic nitrogens is 1. The van der Waals surface area contributed by atoms with E-state index in [0.717, 1.165) is 39.7 Å². The van der Waals surface area contributed by atoms with E-state index in [4.69, 9.17) is 9.47 Å². The van der Waals surface area contributed by atoms with Crippen LogP contribution in [0.5, 0.6) is 5.75 Å². The van der Waals surface area contributed by atoms with Gasteiger partial charge < -0.3 is 14.4 Å². The third-order valence-electron chi connectivity index (χ3n) is 4.82. The Kier molecular flexibility index (Phi) is 6.22. The van der Waals surface area contributed by atoms with E-state index < -0.39 is 0 Å². The number of hydrogen-bond acceptors (Lipinski definition) is 5. The Labute approximate surface area is 174 Å². The van der Waals surface area contributed by atoms with E-state index in [1.807, 2.05) is 60.4 Å². The zero-order chi connectivity index (χ0) is 20.1. The van der Waals surface area contributed by atoms with E-state index in [1.165, 1.54) is 11.3 Å². The summed E-state index contributed by atoms with van der Waals surface area (Å²) < 4.78 is 11.4. The van der Waals surface area contributed by atoms with Gasteiger partial charge in [0.15, 0.2) is 0 Å². The lowest BCUT2D eigenvalue weighted by Crippen LogP contribution is -2.29. The van der Waals surface area contributed by atoms with E-state index in [0.29, 0.717) is 19.7 Å². The Morgan fingerprint density at radius 2 is 2.00 bits per heavy atom. The Hall–Kier alpha value is -2.70. The average molecular weight is 409 g/mol. The second kappa shape index (κ2) is 9.20. The molecule has 150 valence electrons. The molecule has 2 aromatic heterocycles. The van der Waals surface area contributed by atoms with Crippen LogP contribution in [0.4, 0.5) is 0 Å². The number of ether oxygens (including phenoxy) is 2. The van der Waals surface area contributed by atoms with Crippen LogP contribution in [0.15, 0.2) is 60.9 Å². The number of nitrogens with zero attached hydrogens (tertiary/aromatic N) is 2. The summed E-state index contributed by atoms with van der Waals surface area (Å²) in [6.45, 7) is 4.44. The Bertz CT molecular complexity index is 952. The van der Waals surface area contributed by atoms with Crippen LogP contribution in [0.3, 0.4) is 0 Å². The molecule has 3 aromatic rings. The first-order valence-electron chi connectivity index (χ1n) is 9.75. The molecule has 1 aliphatic heterocycles. The SMILES string of the molecule is Cc1ccc(C(=O)N(Cc2ccncc2)Cc2cccc(OC3CCOC3)c2)s1. The van der Waals surface area contributed by atoms with Crippen LogP contribution in [-0.4, -0.2) is 35.1 Å². The summed E-state index contributed by atoms with van der Waals surface area (Å²) in [7, 11) is 0. The Balaban J connectivity index is 1.53. The fourth-order valence-corrected chi connectivity index (χ4v) is 4.18. The molecule has 1 unspecified atom stereocenters. The zero-order valence-corrected chi connectivity index (χ0v) is 17.2. The zero-order valence-electron chi connectivity index (χ0n) is 16.4. The summed E-state index contributed by atoms with van der Waals surface area (Å²) in [4.78, 5) is 21.0. The van der Waals surface area contributed by atoms with Crippen molar-refractivity contribution in [2.45, 2.75) is 32.5 Å². The number of amides is 1. The van der Waals surface area contributed by atoms with Gasteiger partial charge in [0.1, 0.15) is 11.9 Å². The first-order chi connectivity index (χ1) is 14.2. The fourth-order valence-electron chi connectivity index (χ4n) is 3.35. The van der Waals surface area contributed by atoms with Gasteiger partial charge in [-0.1, -0.05) is 12.1 Å². The smallest absolute Gasteiger partial charge is 0.264 e. The third-order valence-corrected chi connectivity index (χ3v) is 5.81. The van der Waals surface area contributed by atoms with Gasteiger partial charge in [-0.3, -0.25) is 9.78 Å². The summed E-state index contributed by atoms with van der Waals surface area (Å²) >= 11 is 1.53. The number of aryl methyl sites for hydroxylation is 1. The van der Waals surface area contributed by atoms with Crippen molar-refractivity contribution in [3.05, 3.63) is 81.8 Å². The summed E-state index contributed by atoms with van der Waals surface area (Å²) in [5.41, 5.74) is 2.09. The van der Waals surface area contributed by atoms with Gasteiger partial charge in [0.05, 0.1) is 18.1 Å². The molecule has 4 rings (SSSR count). The second-order valence-electron chi connectivity index (χ2n) is 7.18. The summed E-state index contributed by atoms with van der Waals surface area (Å²) in [5, 5.41) is 0. The highest BCUT2D eigenvalue weighted by molar-refractivity contribution is 7.13. The van der Waals surface area contributed by atoms with Crippen LogP contribution in [0.1, 0.15) is 32.1 Å². The maximum Gasteiger partial charge on any atom is 0.264 e. The number of hydrogen-bond donors (Lipinski definition) is 0. The second-order valence-corrected chi connectivity index (χ2v) is 8.47. The third kappa shape index (κ3) is 5.22.